The van der Waals surface area contributed by atoms with Crippen LogP contribution in [0.2, 0.25) is 0 Å². The van der Waals surface area contributed by atoms with Crippen molar-refractivity contribution in [3.05, 3.63) is 322 Å². The first-order valence-corrected chi connectivity index (χ1v) is 48.4. The van der Waals surface area contributed by atoms with Gasteiger partial charge >= 0.3 is 43.7 Å². The van der Waals surface area contributed by atoms with E-state index in [4.69, 9.17) is 25.4 Å². The van der Waals surface area contributed by atoms with Crippen LogP contribution in [0.3, 0.4) is 0 Å². The first-order chi connectivity index (χ1) is 67.7. The van der Waals surface area contributed by atoms with Gasteiger partial charge in [0, 0.05) is 37.0 Å². The molecule has 0 aromatic heterocycles. The van der Waals surface area contributed by atoms with E-state index in [2.05, 4.69) is 23.3 Å². The molecule has 4 fully saturated rings. The number of allylic oxidation sites excluding steroid dienone is 7. The number of likely N-dealkylation sites (tertiary alicyclic amines) is 2. The Morgan fingerprint density at radius 2 is 0.706 bits per heavy atom. The average molecular weight is 2010 g/mol. The number of halogens is 7. The first kappa shape index (κ1) is 120. The molecule has 770 valence electrons. The number of imide groups is 1. The molecule has 13 rings (SSSR count). The van der Waals surface area contributed by atoms with Gasteiger partial charge in [-0.1, -0.05) is 224 Å². The molecule has 0 spiro atoms. The van der Waals surface area contributed by atoms with E-state index in [1.165, 1.54) is 25.7 Å². The zero-order chi connectivity index (χ0) is 107. The number of carbonyl (C=O) groups is 10. The van der Waals surface area contributed by atoms with Crippen LogP contribution in [-0.2, 0) is 61.3 Å². The van der Waals surface area contributed by atoms with Crippen molar-refractivity contribution in [1.82, 2.24) is 14.7 Å². The van der Waals surface area contributed by atoms with Gasteiger partial charge in [0.2, 0.25) is 11.7 Å². The molecule has 0 radical (unpaired) electrons. The molecule has 8 aromatic rings. The van der Waals surface area contributed by atoms with E-state index < -0.39 is 115 Å². The number of benzene rings is 8. The summed E-state index contributed by atoms with van der Waals surface area (Å²) >= 11 is 0. The largest absolute Gasteiger partial charge is 0.480 e. The van der Waals surface area contributed by atoms with Crippen LogP contribution < -0.4 is 5.73 Å². The van der Waals surface area contributed by atoms with Gasteiger partial charge in [0.05, 0.1) is 63.4 Å². The maximum absolute atomic E-state index is 14.5. The molecule has 32 heteroatoms. The smallest absolute Gasteiger partial charge is 0.411 e. The number of Topliss-reactive ketones (excluding diaryl/α,β-unsaturated/α-hetero) is 2. The normalized spacial score (nSPS) is 17.2. The minimum atomic E-state index is -4.04. The highest BCUT2D eigenvalue weighted by Gasteiger charge is 2.58. The minimum Gasteiger partial charge on any atom is -0.480 e. The second-order valence-corrected chi connectivity index (χ2v) is 36.9. The van der Waals surface area contributed by atoms with Gasteiger partial charge < -0.3 is 48.7 Å². The van der Waals surface area contributed by atoms with E-state index >= 15 is 0 Å². The highest BCUT2D eigenvalue weighted by molar-refractivity contribution is 7.55. The summed E-state index contributed by atoms with van der Waals surface area (Å²) in [4.78, 5) is 120. The predicted molar refractivity (Wildman–Crippen MR) is 540 cm³/mol. The summed E-state index contributed by atoms with van der Waals surface area (Å²) in [5, 5.41) is 17.6. The second kappa shape index (κ2) is 59.6. The zero-order valence-corrected chi connectivity index (χ0v) is 85.1. The fourth-order valence-corrected chi connectivity index (χ4v) is 15.7. The first-order valence-electron chi connectivity index (χ1n) is 46.8. The monoisotopic (exact) mass is 2000 g/mol. The maximum Gasteiger partial charge on any atom is 0.411 e. The number of carboxylic acid groups (broad SMARTS) is 1. The fraction of sp³-hybridized carbons (Fsp3) is 0.369. The molecule has 143 heavy (non-hydrogen) atoms. The SMILES string of the molecule is C/C(=C(\F)CCC(=O)[C@@H]1C[C@H]2C[C@H]2N1C(=O)OC(C)(C)C)c1ccccc1.C/C(=C(\F)CN)c1ccccc1.C/C(=C(\F)CN1C(=O)c2ccccc2C1=O)c1ccccc1.C/C(=C(\F)CO)c1ccccc1.CC(=O)c1ccccc1.CC(C)(C)OC(=O)N1[C@@H]2C[C@@H]2C[C@H]1C(=O)O.CCOC(=O)/C(F)=C(/C)c1ccccc1.CCOC(=O)/C(F)=C(\C)c1ccccc1.CCOC(=O)C(F)P(=O)(OCC)OCC. The molecule has 2 saturated carbocycles. The quantitative estimate of drug-likeness (QED) is 0.00819. The van der Waals surface area contributed by atoms with Crippen LogP contribution in [-0.4, -0.2) is 178 Å². The van der Waals surface area contributed by atoms with Crippen molar-refractivity contribution in [3.8, 4) is 0 Å². The van der Waals surface area contributed by atoms with Gasteiger partial charge in [0.1, 0.15) is 40.6 Å². The second-order valence-electron chi connectivity index (χ2n) is 34.8. The van der Waals surface area contributed by atoms with Gasteiger partial charge in [0.25, 0.3) is 17.7 Å². The third kappa shape index (κ3) is 38.5. The number of amides is 4. The number of fused-ring (bicyclic) bond motifs is 3. The van der Waals surface area contributed by atoms with Crippen LogP contribution in [0.4, 0.5) is 40.3 Å². The Morgan fingerprint density at radius 3 is 1.01 bits per heavy atom. The molecule has 3 heterocycles. The number of piperidine rings is 2. The molecule has 2 saturated heterocycles. The Hall–Kier alpha value is -13.3. The number of rotatable bonds is 27. The summed E-state index contributed by atoms with van der Waals surface area (Å²) in [6.07, 6.45) is 2.33. The summed E-state index contributed by atoms with van der Waals surface area (Å²) in [5.74, 6) is -9.58. The summed E-state index contributed by atoms with van der Waals surface area (Å²) < 4.78 is 140. The van der Waals surface area contributed by atoms with Gasteiger partial charge in [-0.3, -0.25) is 38.4 Å². The number of aliphatic hydroxyl groups is 1. The molecular weight excluding hydrogens is 1870 g/mol. The number of hydrogen-bond acceptors (Lipinski definition) is 20. The number of esters is 3. The van der Waals surface area contributed by atoms with Gasteiger partial charge in [-0.05, 0) is 241 Å². The van der Waals surface area contributed by atoms with Crippen LogP contribution in [0.15, 0.2) is 272 Å². The Morgan fingerprint density at radius 1 is 0.406 bits per heavy atom. The van der Waals surface area contributed by atoms with Gasteiger partial charge in [-0.15, -0.1) is 0 Å². The van der Waals surface area contributed by atoms with E-state index in [0.717, 1.165) is 45.6 Å². The van der Waals surface area contributed by atoms with E-state index in [9.17, 15) is 83.2 Å². The number of hydrogen-bond donors (Lipinski definition) is 3. The van der Waals surface area contributed by atoms with E-state index in [1.54, 1.807) is 173 Å². The molecule has 4 N–H and O–H groups in total. The lowest BCUT2D eigenvalue weighted by atomic mass is 10.0. The number of carbonyl (C=O) groups excluding carboxylic acids is 9. The summed E-state index contributed by atoms with van der Waals surface area (Å²) in [6.45, 7) is 29.5. The number of ether oxygens (including phenoxy) is 5. The van der Waals surface area contributed by atoms with Gasteiger partial charge in [-0.2, -0.15) is 8.78 Å². The Balaban J connectivity index is 0.000000288. The molecule has 3 aliphatic heterocycles. The Bertz CT molecular complexity index is 5600. The number of ketones is 2. The molecule has 4 amide bonds. The van der Waals surface area contributed by atoms with Crippen LogP contribution in [0.1, 0.15) is 228 Å². The van der Waals surface area contributed by atoms with Crippen molar-refractivity contribution >= 4 is 100 Å². The van der Waals surface area contributed by atoms with Crippen molar-refractivity contribution in [1.29, 1.82) is 0 Å². The van der Waals surface area contributed by atoms with Crippen LogP contribution in [0, 0.1) is 11.8 Å². The third-order valence-electron chi connectivity index (χ3n) is 22.2. The van der Waals surface area contributed by atoms with Crippen LogP contribution in [0.5, 0.6) is 0 Å². The number of alkyl halides is 1. The zero-order valence-electron chi connectivity index (χ0n) is 84.2. The summed E-state index contributed by atoms with van der Waals surface area (Å²) in [5.41, 5.74) is 12.8. The van der Waals surface area contributed by atoms with Crippen LogP contribution >= 0.6 is 7.60 Å². The fourth-order valence-electron chi connectivity index (χ4n) is 14.3. The van der Waals surface area contributed by atoms with Crippen molar-refractivity contribution in [3.63, 3.8) is 0 Å². The highest BCUT2D eigenvalue weighted by Crippen LogP contribution is 2.54. The lowest BCUT2D eigenvalue weighted by Gasteiger charge is -2.29. The summed E-state index contributed by atoms with van der Waals surface area (Å²) in [7, 11) is -4.04. The van der Waals surface area contributed by atoms with E-state index in [-0.39, 0.29) is 94.3 Å². The molecule has 0 bridgehead atoms. The lowest BCUT2D eigenvalue weighted by molar-refractivity contribution is -0.146. The topological polar surface area (TPSA) is 329 Å². The Labute approximate surface area is 833 Å². The molecule has 2 aliphatic carbocycles. The molecule has 8 aromatic carbocycles. The summed E-state index contributed by atoms with van der Waals surface area (Å²) in [6, 6.07) is 69.5. The molecule has 5 aliphatic rings. The lowest BCUT2D eigenvalue weighted by Crippen LogP contribution is -2.45. The number of aliphatic carboxylic acids is 1. The van der Waals surface area contributed by atoms with Crippen molar-refractivity contribution < 1.29 is 126 Å². The maximum atomic E-state index is 14.5. The van der Waals surface area contributed by atoms with Gasteiger partial charge in [0.15, 0.2) is 11.6 Å². The van der Waals surface area contributed by atoms with Crippen LogP contribution in [0.25, 0.3) is 33.4 Å². The van der Waals surface area contributed by atoms with Crippen molar-refractivity contribution in [2.75, 3.05) is 52.7 Å². The average Bonchev–Trinajstić information content (AvgIpc) is 1.31. The predicted octanol–water partition coefficient (Wildman–Crippen LogP) is 24.9. The molecule has 1 unspecified atom stereocenters. The number of aliphatic hydroxyl groups excluding tert-OH is 1. The van der Waals surface area contributed by atoms with E-state index in [1.807, 2.05) is 172 Å². The minimum absolute atomic E-state index is 0.00287. The Kier molecular flexibility index (Phi) is 50.0. The number of nitrogens with two attached hydrogens (primary N) is 1. The van der Waals surface area contributed by atoms with Gasteiger partial charge in [-0.25, -0.2) is 50.7 Å². The molecule has 7 atom stereocenters. The number of nitrogens with zero attached hydrogens (tertiary/aromatic N) is 3. The highest BCUT2D eigenvalue weighted by atomic mass is 31.2. The number of carboxylic acids is 1. The molecular formula is C111H132F7N4O20P. The van der Waals surface area contributed by atoms with Crippen molar-refractivity contribution in [2.45, 2.75) is 204 Å². The van der Waals surface area contributed by atoms with Crippen molar-refractivity contribution in [2.24, 2.45) is 17.6 Å². The van der Waals surface area contributed by atoms with E-state index in [0.29, 0.717) is 80.4 Å². The molecule has 24 nitrogen and oxygen atoms in total. The standard InChI is InChI=1S/C22H28FNO3.C18H14FNO2.2C12H13FO2.C11H17NO4.C10H12FN.C10H11FO.C8H16FO5P.C8H8O/c1-14(15-8-6-5-7-9-15)17(23)10-11-20(25)19-13-16-12-18(16)24(19)21(26)27-22(2,3)4;1-12(13-7-3-2-4-8-13)16(19)11-20-17(21)14-9-5-6-10-15(14)18(20)22;2*1-3-15-12(14)11(13)9(2)10-7-5-4-6-8-10;1-11(2,3)16-10(15)12-7-4-6(7)5-8(12)9(13)14;2*1-8(10(11)7-12)9-5-3-2-4-6-9;1-4-12-8(10)7(9)15(11,13-5-2)14-6-3;1-7(9)8-5-3-2-4-6-8/h5-9,16,18-19H,10-13H2,1-4H3;2-10H,11H2,1H3;2*4-8H,3H2,1-2H3;6-8H,4-5H2,1-3H3,(H,13,14);2-6H,7,12H2,1H3;2-6,12H,7H2,1H3;7H,4-6H2,1-3H3;2-6H,1H3/b17-14+;16-12+;11-9+;11-9-;;2*10-8+;;/t16-,18-,19+;;;;6-,7-,8+;;;;/m1...1..../s1. The third-order valence-corrected chi connectivity index (χ3v) is 24.2.